The third-order valence-corrected chi connectivity index (χ3v) is 5.75. The predicted octanol–water partition coefficient (Wildman–Crippen LogP) is 5.54. The van der Waals surface area contributed by atoms with Gasteiger partial charge < -0.3 is 5.32 Å². The van der Waals surface area contributed by atoms with E-state index in [0.29, 0.717) is 0 Å². The van der Waals surface area contributed by atoms with Crippen molar-refractivity contribution in [3.8, 4) is 0 Å². The molecule has 1 N–H and O–H groups in total. The number of nitrogens with one attached hydrogen (secondary N) is 1. The highest BCUT2D eigenvalue weighted by Crippen LogP contribution is 2.36. The molecule has 1 nitrogen and oxygen atoms in total. The fourth-order valence-corrected chi connectivity index (χ4v) is 4.28. The smallest absolute Gasteiger partial charge is 0.0683 e. The second kappa shape index (κ2) is 6.06. The molecule has 2 rings (SSSR count). The van der Waals surface area contributed by atoms with Gasteiger partial charge in [0.05, 0.1) is 6.04 Å². The van der Waals surface area contributed by atoms with Crippen LogP contribution in [0.3, 0.4) is 0 Å². The first-order valence-corrected chi connectivity index (χ1v) is 8.19. The molecule has 1 aromatic carbocycles. The lowest BCUT2D eigenvalue weighted by Crippen LogP contribution is -2.16. The van der Waals surface area contributed by atoms with Crippen molar-refractivity contribution < 1.29 is 0 Å². The molecule has 1 aromatic heterocycles. The molecule has 96 valence electrons. The van der Waals surface area contributed by atoms with E-state index in [1.165, 1.54) is 9.75 Å². The molecule has 18 heavy (non-hydrogen) atoms. The molecule has 5 heteroatoms. The van der Waals surface area contributed by atoms with E-state index < -0.39 is 0 Å². The maximum Gasteiger partial charge on any atom is 0.0683 e. The number of halogens is 3. The average Bonchev–Trinajstić information content (AvgIpc) is 2.63. The lowest BCUT2D eigenvalue weighted by atomic mass is 10.1. The van der Waals surface area contributed by atoms with Crippen molar-refractivity contribution in [2.24, 2.45) is 0 Å². The van der Waals surface area contributed by atoms with Gasteiger partial charge in [-0.15, -0.1) is 11.3 Å². The van der Waals surface area contributed by atoms with E-state index in [9.17, 15) is 0 Å². The van der Waals surface area contributed by atoms with Crippen molar-refractivity contribution in [3.63, 3.8) is 0 Å². The summed E-state index contributed by atoms with van der Waals surface area (Å²) in [7, 11) is 1.95. The molecular formula is C13H12Br2ClNS. The third kappa shape index (κ3) is 2.99. The van der Waals surface area contributed by atoms with Crippen molar-refractivity contribution in [3.05, 3.63) is 53.6 Å². The van der Waals surface area contributed by atoms with Crippen molar-refractivity contribution in [2.75, 3.05) is 7.05 Å². The van der Waals surface area contributed by atoms with Gasteiger partial charge in [0.15, 0.2) is 0 Å². The summed E-state index contributed by atoms with van der Waals surface area (Å²) in [6.07, 6.45) is 0. The Labute approximate surface area is 133 Å². The van der Waals surface area contributed by atoms with Gasteiger partial charge in [0, 0.05) is 23.7 Å². The minimum atomic E-state index is 0.126. The first-order valence-electron chi connectivity index (χ1n) is 5.41. The largest absolute Gasteiger partial charge is 0.309 e. The van der Waals surface area contributed by atoms with Gasteiger partial charge in [0.2, 0.25) is 0 Å². The predicted molar refractivity (Wildman–Crippen MR) is 86.8 cm³/mol. The monoisotopic (exact) mass is 407 g/mol. The summed E-state index contributed by atoms with van der Waals surface area (Å²) in [6, 6.07) is 8.27. The van der Waals surface area contributed by atoms with Crippen LogP contribution in [-0.4, -0.2) is 7.05 Å². The molecule has 0 bridgehead atoms. The van der Waals surface area contributed by atoms with Crippen LogP contribution in [0.4, 0.5) is 0 Å². The van der Waals surface area contributed by atoms with Crippen LogP contribution < -0.4 is 5.32 Å². The van der Waals surface area contributed by atoms with Crippen molar-refractivity contribution in [1.29, 1.82) is 0 Å². The normalized spacial score (nSPS) is 12.7. The van der Waals surface area contributed by atoms with Crippen LogP contribution in [0.15, 0.2) is 33.2 Å². The summed E-state index contributed by atoms with van der Waals surface area (Å²) in [5, 5.41) is 4.09. The Morgan fingerprint density at radius 2 is 2.00 bits per heavy atom. The minimum absolute atomic E-state index is 0.126. The standard InChI is InChI=1S/C13H12Br2ClNS/c1-7-10(15)6-12(18-7)13(17-2)9-4-3-8(14)5-11(9)16/h3-6,13,17H,1-2H3. The van der Waals surface area contributed by atoms with Crippen LogP contribution in [0.1, 0.15) is 21.4 Å². The van der Waals surface area contributed by atoms with Crippen LogP contribution in [0.2, 0.25) is 5.02 Å². The highest BCUT2D eigenvalue weighted by atomic mass is 79.9. The zero-order valence-corrected chi connectivity index (χ0v) is 14.7. The highest BCUT2D eigenvalue weighted by molar-refractivity contribution is 9.10. The van der Waals surface area contributed by atoms with E-state index in [2.05, 4.69) is 56.2 Å². The van der Waals surface area contributed by atoms with Gasteiger partial charge in [-0.05, 0) is 53.7 Å². The third-order valence-electron chi connectivity index (χ3n) is 2.72. The summed E-state index contributed by atoms with van der Waals surface area (Å²) in [6.45, 7) is 2.11. The molecule has 1 heterocycles. The lowest BCUT2D eigenvalue weighted by Gasteiger charge is -2.16. The average molecular weight is 410 g/mol. The Hall–Kier alpha value is 0.130. The highest BCUT2D eigenvalue weighted by Gasteiger charge is 2.18. The number of aryl methyl sites for hydroxylation is 1. The maximum absolute atomic E-state index is 6.32. The zero-order valence-electron chi connectivity index (χ0n) is 9.93. The number of benzene rings is 1. The summed E-state index contributed by atoms with van der Waals surface area (Å²) in [4.78, 5) is 2.53. The summed E-state index contributed by atoms with van der Waals surface area (Å²) < 4.78 is 2.14. The Kier molecular flexibility index (Phi) is 4.89. The SMILES string of the molecule is CNC(c1cc(Br)c(C)s1)c1ccc(Br)cc1Cl. The second-order valence-electron chi connectivity index (χ2n) is 3.94. The van der Waals surface area contributed by atoms with Gasteiger partial charge in [-0.2, -0.15) is 0 Å². The molecule has 0 saturated carbocycles. The molecule has 2 aromatic rings. The molecule has 0 amide bonds. The zero-order chi connectivity index (χ0) is 13.3. The molecule has 0 aliphatic carbocycles. The van der Waals surface area contributed by atoms with E-state index in [0.717, 1.165) is 19.5 Å². The van der Waals surface area contributed by atoms with E-state index in [-0.39, 0.29) is 6.04 Å². The van der Waals surface area contributed by atoms with Crippen LogP contribution in [0, 0.1) is 6.92 Å². The molecular weight excluding hydrogens is 397 g/mol. The molecule has 1 unspecified atom stereocenters. The Bertz CT molecular complexity index is 549. The number of hydrogen-bond acceptors (Lipinski definition) is 2. The van der Waals surface area contributed by atoms with E-state index in [1.54, 1.807) is 11.3 Å². The quantitative estimate of drug-likeness (QED) is 0.701. The molecule has 0 fully saturated rings. The second-order valence-corrected chi connectivity index (χ2v) is 7.41. The van der Waals surface area contributed by atoms with E-state index in [4.69, 9.17) is 11.6 Å². The molecule has 0 radical (unpaired) electrons. The number of rotatable bonds is 3. The van der Waals surface area contributed by atoms with Gasteiger partial charge in [0.1, 0.15) is 0 Å². The van der Waals surface area contributed by atoms with Gasteiger partial charge in [-0.25, -0.2) is 0 Å². The summed E-state index contributed by atoms with van der Waals surface area (Å²) >= 11 is 15.1. The Morgan fingerprint density at radius 3 is 2.50 bits per heavy atom. The Morgan fingerprint density at radius 1 is 1.28 bits per heavy atom. The van der Waals surface area contributed by atoms with Crippen LogP contribution in [0.25, 0.3) is 0 Å². The van der Waals surface area contributed by atoms with E-state index >= 15 is 0 Å². The van der Waals surface area contributed by atoms with Crippen molar-refractivity contribution in [1.82, 2.24) is 5.32 Å². The topological polar surface area (TPSA) is 12.0 Å². The van der Waals surface area contributed by atoms with Crippen molar-refractivity contribution in [2.45, 2.75) is 13.0 Å². The minimum Gasteiger partial charge on any atom is -0.309 e. The van der Waals surface area contributed by atoms with Gasteiger partial charge in [0.25, 0.3) is 0 Å². The van der Waals surface area contributed by atoms with Gasteiger partial charge in [-0.3, -0.25) is 0 Å². The summed E-state index contributed by atoms with van der Waals surface area (Å²) in [5.41, 5.74) is 1.09. The number of thiophene rings is 1. The van der Waals surface area contributed by atoms with Crippen molar-refractivity contribution >= 4 is 54.8 Å². The maximum atomic E-state index is 6.32. The van der Waals surface area contributed by atoms with Crippen LogP contribution >= 0.6 is 54.8 Å². The first kappa shape index (κ1) is 14.5. The fourth-order valence-electron chi connectivity index (χ4n) is 1.81. The Balaban J connectivity index is 2.45. The van der Waals surface area contributed by atoms with Crippen LogP contribution in [-0.2, 0) is 0 Å². The molecule has 0 aliphatic rings. The first-order chi connectivity index (χ1) is 8.52. The molecule has 1 atom stereocenters. The van der Waals surface area contributed by atoms with E-state index in [1.807, 2.05) is 19.2 Å². The molecule has 0 saturated heterocycles. The molecule has 0 spiro atoms. The fraction of sp³-hybridized carbons (Fsp3) is 0.231. The summed E-state index contributed by atoms with van der Waals surface area (Å²) in [5.74, 6) is 0. The van der Waals surface area contributed by atoms with Gasteiger partial charge in [-0.1, -0.05) is 33.6 Å². The number of hydrogen-bond donors (Lipinski definition) is 1. The van der Waals surface area contributed by atoms with Gasteiger partial charge >= 0.3 is 0 Å². The lowest BCUT2D eigenvalue weighted by molar-refractivity contribution is 0.704. The van der Waals surface area contributed by atoms with Crippen LogP contribution in [0.5, 0.6) is 0 Å². The molecule has 0 aliphatic heterocycles.